The molecule has 1 amide bonds. The number of aryl methyl sites for hydroxylation is 2. The Kier molecular flexibility index (Phi) is 5.77. The van der Waals surface area contributed by atoms with E-state index in [1.165, 1.54) is 6.07 Å². The van der Waals surface area contributed by atoms with E-state index < -0.39 is 5.82 Å². The molecule has 0 spiro atoms. The zero-order chi connectivity index (χ0) is 28.1. The summed E-state index contributed by atoms with van der Waals surface area (Å²) in [6, 6.07) is 16.4. The number of imidazole rings is 1. The Hall–Kier alpha value is -5.45. The van der Waals surface area contributed by atoms with Crippen molar-refractivity contribution in [2.24, 2.45) is 0 Å². The first kappa shape index (κ1) is 24.6. The summed E-state index contributed by atoms with van der Waals surface area (Å²) in [5, 5.41) is 7.38. The Labute approximate surface area is 233 Å². The maximum atomic E-state index is 13.8. The number of hydrogen-bond donors (Lipinski definition) is 2. The van der Waals surface area contributed by atoms with Gasteiger partial charge in [-0.25, -0.2) is 24.0 Å². The molecule has 0 fully saturated rings. The lowest BCUT2D eigenvalue weighted by Crippen LogP contribution is -2.28. The number of anilines is 1. The number of halogens is 1. The van der Waals surface area contributed by atoms with Crippen molar-refractivity contribution < 1.29 is 9.18 Å². The summed E-state index contributed by atoms with van der Waals surface area (Å²) in [4.78, 5) is 31.0. The number of nitrogens with zero attached hydrogens (tertiary/aromatic N) is 7. The highest BCUT2D eigenvalue weighted by atomic mass is 19.1. The van der Waals surface area contributed by atoms with Gasteiger partial charge in [-0.3, -0.25) is 14.3 Å². The number of aromatic nitrogens is 7. The van der Waals surface area contributed by atoms with Crippen LogP contribution in [0, 0.1) is 12.7 Å². The Morgan fingerprint density at radius 3 is 2.80 bits per heavy atom. The van der Waals surface area contributed by atoms with Crippen molar-refractivity contribution in [3.8, 4) is 22.9 Å². The highest BCUT2D eigenvalue weighted by Crippen LogP contribution is 2.36. The molecule has 1 aliphatic carbocycles. The number of fused-ring (bicyclic) bond motifs is 2. The molecule has 5 aromatic heterocycles. The molecule has 7 rings (SSSR count). The smallest absolute Gasteiger partial charge is 0.253 e. The van der Waals surface area contributed by atoms with Crippen LogP contribution in [-0.2, 0) is 6.42 Å². The Balaban J connectivity index is 1.31. The van der Waals surface area contributed by atoms with Crippen LogP contribution in [0.15, 0.2) is 79.4 Å². The van der Waals surface area contributed by atoms with Gasteiger partial charge in [0.2, 0.25) is 0 Å². The van der Waals surface area contributed by atoms with Gasteiger partial charge in [0.1, 0.15) is 17.2 Å². The third kappa shape index (κ3) is 4.27. The monoisotopic (exact) mass is 545 g/mol. The highest BCUT2D eigenvalue weighted by Gasteiger charge is 2.27. The van der Waals surface area contributed by atoms with Crippen LogP contribution in [0.3, 0.4) is 0 Å². The van der Waals surface area contributed by atoms with Crippen molar-refractivity contribution in [3.63, 3.8) is 0 Å². The lowest BCUT2D eigenvalue weighted by molar-refractivity contribution is 0.0935. The van der Waals surface area contributed by atoms with Crippen molar-refractivity contribution in [1.29, 1.82) is 0 Å². The first-order valence-electron chi connectivity index (χ1n) is 13.1. The predicted molar refractivity (Wildman–Crippen MR) is 151 cm³/mol. The average molecular weight is 546 g/mol. The third-order valence-corrected chi connectivity index (χ3v) is 7.37. The molecule has 3 N–H and O–H groups in total. The van der Waals surface area contributed by atoms with E-state index in [0.29, 0.717) is 39.9 Å². The van der Waals surface area contributed by atoms with Crippen LogP contribution in [0.5, 0.6) is 0 Å². The molecule has 11 heteroatoms. The average Bonchev–Trinajstić information content (AvgIpc) is 3.73. The Morgan fingerprint density at radius 2 is 1.98 bits per heavy atom. The normalized spacial score (nSPS) is 14.3. The number of rotatable bonds is 5. The molecule has 202 valence electrons. The molecule has 5 heterocycles. The van der Waals surface area contributed by atoms with E-state index in [9.17, 15) is 9.18 Å². The fourth-order valence-electron chi connectivity index (χ4n) is 5.38. The number of carbonyl (C=O) groups is 1. The van der Waals surface area contributed by atoms with E-state index in [4.69, 9.17) is 15.7 Å². The fraction of sp³-hybridized carbons (Fsp3) is 0.133. The second-order valence-corrected chi connectivity index (χ2v) is 9.90. The summed E-state index contributed by atoms with van der Waals surface area (Å²) in [5.74, 6) is 0.747. The van der Waals surface area contributed by atoms with Crippen molar-refractivity contribution in [2.45, 2.75) is 25.8 Å². The third-order valence-electron chi connectivity index (χ3n) is 7.37. The molecule has 6 aromatic rings. The van der Waals surface area contributed by atoms with Crippen LogP contribution >= 0.6 is 0 Å². The number of hydrogen-bond acceptors (Lipinski definition) is 7. The molecule has 0 bridgehead atoms. The zero-order valence-electron chi connectivity index (χ0n) is 22.0. The molecular weight excluding hydrogens is 521 g/mol. The first-order chi connectivity index (χ1) is 20.0. The summed E-state index contributed by atoms with van der Waals surface area (Å²) < 4.78 is 17.4. The van der Waals surface area contributed by atoms with Gasteiger partial charge in [0.25, 0.3) is 5.91 Å². The first-order valence-corrected chi connectivity index (χ1v) is 13.1. The van der Waals surface area contributed by atoms with Gasteiger partial charge in [-0.05, 0) is 79.4 Å². The molecule has 41 heavy (non-hydrogen) atoms. The van der Waals surface area contributed by atoms with E-state index in [0.717, 1.165) is 35.9 Å². The van der Waals surface area contributed by atoms with Gasteiger partial charge in [-0.2, -0.15) is 5.10 Å². The van der Waals surface area contributed by atoms with Gasteiger partial charge in [0, 0.05) is 24.3 Å². The largest absolute Gasteiger partial charge is 0.383 e. The second-order valence-electron chi connectivity index (χ2n) is 9.90. The topological polar surface area (TPSA) is 129 Å². The number of pyridine rings is 3. The summed E-state index contributed by atoms with van der Waals surface area (Å²) in [6.45, 7) is 1.69. The summed E-state index contributed by atoms with van der Waals surface area (Å²) in [6.07, 6.45) is 7.77. The molecule has 10 nitrogen and oxygen atoms in total. The quantitative estimate of drug-likeness (QED) is 0.326. The Bertz CT molecular complexity index is 1950. The van der Waals surface area contributed by atoms with Gasteiger partial charge < -0.3 is 11.1 Å². The molecule has 0 aliphatic heterocycles. The highest BCUT2D eigenvalue weighted by molar-refractivity contribution is 5.95. The number of nitrogens with one attached hydrogen (secondary N) is 1. The van der Waals surface area contributed by atoms with Crippen molar-refractivity contribution in [2.75, 3.05) is 5.73 Å². The van der Waals surface area contributed by atoms with Gasteiger partial charge >= 0.3 is 0 Å². The van der Waals surface area contributed by atoms with Crippen LogP contribution in [0.25, 0.3) is 34.1 Å². The molecule has 0 radical (unpaired) electrons. The van der Waals surface area contributed by atoms with Crippen LogP contribution in [0.2, 0.25) is 0 Å². The lowest BCUT2D eigenvalue weighted by Gasteiger charge is -2.16. The van der Waals surface area contributed by atoms with E-state index in [1.54, 1.807) is 24.0 Å². The lowest BCUT2D eigenvalue weighted by atomic mass is 10.1. The minimum Gasteiger partial charge on any atom is -0.383 e. The number of nitrogens with two attached hydrogens (primary N) is 1. The predicted octanol–water partition coefficient (Wildman–Crippen LogP) is 4.51. The van der Waals surface area contributed by atoms with Gasteiger partial charge in [0.15, 0.2) is 17.3 Å². The van der Waals surface area contributed by atoms with Gasteiger partial charge in [-0.1, -0.05) is 6.07 Å². The standard InChI is InChI=1S/C30H24FN9O/c1-17-23(15-19(31)16-34-17)30(41)37-24-8-5-18-14-20(6-7-21(18)24)40-28(22-4-2-11-33-27(22)32)36-25-9-10-26(38-29(25)40)39-13-3-12-35-39/h2-4,6-7,9-16,24H,5,8H2,1H3,(H2,32,33)(H,37,41)/t24-/m0/s1. The minimum absolute atomic E-state index is 0.202. The van der Waals surface area contributed by atoms with Crippen LogP contribution in [0.4, 0.5) is 10.2 Å². The molecule has 1 aliphatic rings. The van der Waals surface area contributed by atoms with Crippen molar-refractivity contribution in [3.05, 3.63) is 108 Å². The van der Waals surface area contributed by atoms with E-state index >= 15 is 0 Å². The minimum atomic E-state index is -0.542. The molecule has 1 atom stereocenters. The van der Waals surface area contributed by atoms with Crippen LogP contribution < -0.4 is 11.1 Å². The van der Waals surface area contributed by atoms with Gasteiger partial charge in [-0.15, -0.1) is 0 Å². The zero-order valence-corrected chi connectivity index (χ0v) is 22.0. The number of carbonyl (C=O) groups excluding carboxylic acids is 1. The molecule has 0 saturated carbocycles. The maximum absolute atomic E-state index is 13.8. The molecule has 0 saturated heterocycles. The second kappa shape index (κ2) is 9.63. The Morgan fingerprint density at radius 1 is 1.07 bits per heavy atom. The molecular formula is C30H24FN9O. The number of benzene rings is 1. The van der Waals surface area contributed by atoms with E-state index in [-0.39, 0.29) is 17.5 Å². The van der Waals surface area contributed by atoms with Crippen molar-refractivity contribution >= 4 is 22.9 Å². The molecule has 1 aromatic carbocycles. The number of amides is 1. The van der Waals surface area contributed by atoms with E-state index in [1.807, 2.05) is 53.2 Å². The van der Waals surface area contributed by atoms with E-state index in [2.05, 4.69) is 26.4 Å². The maximum Gasteiger partial charge on any atom is 0.253 e. The fourth-order valence-corrected chi connectivity index (χ4v) is 5.38. The summed E-state index contributed by atoms with van der Waals surface area (Å²) >= 11 is 0. The molecule has 0 unspecified atom stereocenters. The van der Waals surface area contributed by atoms with Gasteiger partial charge in [0.05, 0.1) is 29.1 Å². The number of nitrogen functional groups attached to an aromatic ring is 1. The van der Waals surface area contributed by atoms with Crippen molar-refractivity contribution in [1.82, 2.24) is 39.6 Å². The SMILES string of the molecule is Cc1ncc(F)cc1C(=O)N[C@H]1CCc2cc(-n3c(-c4cccnc4N)nc4ccc(-n5cccn5)nc43)ccc21. The van der Waals surface area contributed by atoms with Crippen LogP contribution in [-0.4, -0.2) is 40.2 Å². The summed E-state index contributed by atoms with van der Waals surface area (Å²) in [5.41, 5.74) is 12.0. The van der Waals surface area contributed by atoms with Crippen LogP contribution in [0.1, 0.15) is 39.6 Å². The summed E-state index contributed by atoms with van der Waals surface area (Å²) in [7, 11) is 0.